The normalized spacial score (nSPS) is 10.5. The molecule has 1 nitrogen and oxygen atoms in total. The quantitative estimate of drug-likeness (QED) is 0.740. The van der Waals surface area contributed by atoms with Crippen LogP contribution in [0.5, 0.6) is 0 Å². The summed E-state index contributed by atoms with van der Waals surface area (Å²) in [6, 6.07) is 13.6. The smallest absolute Gasteiger partial charge is 0.193 e. The van der Waals surface area contributed by atoms with Crippen molar-refractivity contribution in [2.24, 2.45) is 0 Å². The Morgan fingerprint density at radius 3 is 2.26 bits per heavy atom. The lowest BCUT2D eigenvalue weighted by Gasteiger charge is -2.08. The summed E-state index contributed by atoms with van der Waals surface area (Å²) in [5.74, 6) is 0.0821. The Labute approximate surface area is 122 Å². The molecule has 0 bridgehead atoms. The molecule has 2 heteroatoms. The van der Waals surface area contributed by atoms with Crippen LogP contribution in [-0.2, 0) is 12.8 Å². The van der Waals surface area contributed by atoms with Gasteiger partial charge < -0.3 is 0 Å². The summed E-state index contributed by atoms with van der Waals surface area (Å²) >= 11 is 3.40. The fourth-order valence-electron chi connectivity index (χ4n) is 2.24. The van der Waals surface area contributed by atoms with E-state index in [4.69, 9.17) is 0 Å². The number of carbonyl (C=O) groups is 1. The summed E-state index contributed by atoms with van der Waals surface area (Å²) in [7, 11) is 0. The van der Waals surface area contributed by atoms with Crippen LogP contribution in [0, 0.1) is 0 Å². The van der Waals surface area contributed by atoms with E-state index in [9.17, 15) is 4.79 Å². The molecule has 0 saturated heterocycles. The van der Waals surface area contributed by atoms with Crippen molar-refractivity contribution in [3.8, 4) is 0 Å². The number of rotatable bonds is 4. The molecule has 0 unspecified atom stereocenters. The zero-order valence-corrected chi connectivity index (χ0v) is 12.8. The first-order valence-corrected chi connectivity index (χ1v) is 7.37. The number of carbonyl (C=O) groups excluding carboxylic acids is 1. The van der Waals surface area contributed by atoms with E-state index in [2.05, 4.69) is 35.8 Å². The number of aryl methyl sites for hydroxylation is 2. The van der Waals surface area contributed by atoms with E-state index in [0.717, 1.165) is 28.4 Å². The fraction of sp³-hybridized carbons (Fsp3) is 0.235. The average molecular weight is 317 g/mol. The third-order valence-corrected chi connectivity index (χ3v) is 3.81. The largest absolute Gasteiger partial charge is 0.289 e. The molecule has 0 aromatic heterocycles. The summed E-state index contributed by atoms with van der Waals surface area (Å²) < 4.78 is 0.930. The zero-order chi connectivity index (χ0) is 13.8. The third kappa shape index (κ3) is 3.13. The molecule has 2 aromatic rings. The van der Waals surface area contributed by atoms with E-state index in [1.165, 1.54) is 11.1 Å². The van der Waals surface area contributed by atoms with Crippen LogP contribution in [0.4, 0.5) is 0 Å². The summed E-state index contributed by atoms with van der Waals surface area (Å²) in [5.41, 5.74) is 4.09. The molecule has 0 aliphatic rings. The first-order chi connectivity index (χ1) is 9.15. The van der Waals surface area contributed by atoms with Crippen LogP contribution < -0.4 is 0 Å². The van der Waals surface area contributed by atoms with E-state index < -0.39 is 0 Å². The van der Waals surface area contributed by atoms with Crippen LogP contribution in [0.2, 0.25) is 0 Å². The molecule has 0 heterocycles. The number of hydrogen-bond acceptors (Lipinski definition) is 1. The van der Waals surface area contributed by atoms with Crippen LogP contribution in [0.15, 0.2) is 46.9 Å². The van der Waals surface area contributed by atoms with Crippen molar-refractivity contribution in [2.75, 3.05) is 0 Å². The molecular weight excluding hydrogens is 300 g/mol. The molecule has 0 spiro atoms. The minimum Gasteiger partial charge on any atom is -0.289 e. The Kier molecular flexibility index (Phi) is 4.54. The number of halogens is 1. The summed E-state index contributed by atoms with van der Waals surface area (Å²) in [4.78, 5) is 12.4. The van der Waals surface area contributed by atoms with Crippen LogP contribution >= 0.6 is 15.9 Å². The van der Waals surface area contributed by atoms with Gasteiger partial charge in [0.25, 0.3) is 0 Å². The first-order valence-electron chi connectivity index (χ1n) is 6.57. The second kappa shape index (κ2) is 6.16. The number of ketones is 1. The van der Waals surface area contributed by atoms with Gasteiger partial charge in [-0.05, 0) is 42.2 Å². The lowest BCUT2D eigenvalue weighted by atomic mass is 9.96. The first kappa shape index (κ1) is 14.0. The summed E-state index contributed by atoms with van der Waals surface area (Å²) in [5, 5.41) is 0. The van der Waals surface area contributed by atoms with Crippen molar-refractivity contribution < 1.29 is 4.79 Å². The van der Waals surface area contributed by atoms with E-state index in [0.29, 0.717) is 0 Å². The molecule has 2 rings (SSSR count). The van der Waals surface area contributed by atoms with Gasteiger partial charge in [-0.1, -0.05) is 54.0 Å². The van der Waals surface area contributed by atoms with Crippen LogP contribution in [0.25, 0.3) is 0 Å². The number of benzene rings is 2. The second-order valence-electron chi connectivity index (χ2n) is 4.53. The Morgan fingerprint density at radius 1 is 0.947 bits per heavy atom. The van der Waals surface area contributed by atoms with Crippen molar-refractivity contribution in [3.63, 3.8) is 0 Å². The van der Waals surface area contributed by atoms with Crippen molar-refractivity contribution in [2.45, 2.75) is 26.7 Å². The van der Waals surface area contributed by atoms with Crippen molar-refractivity contribution in [1.82, 2.24) is 0 Å². The van der Waals surface area contributed by atoms with Crippen molar-refractivity contribution in [1.29, 1.82) is 0 Å². The van der Waals surface area contributed by atoms with Crippen molar-refractivity contribution >= 4 is 21.7 Å². The van der Waals surface area contributed by atoms with E-state index in [1.54, 1.807) is 0 Å². The Morgan fingerprint density at radius 2 is 1.63 bits per heavy atom. The molecule has 0 saturated carbocycles. The van der Waals surface area contributed by atoms with Gasteiger partial charge in [0.15, 0.2) is 5.78 Å². The predicted octanol–water partition coefficient (Wildman–Crippen LogP) is 4.80. The monoisotopic (exact) mass is 316 g/mol. The molecule has 0 aliphatic heterocycles. The Balaban J connectivity index is 2.39. The van der Waals surface area contributed by atoms with Crippen LogP contribution in [-0.4, -0.2) is 5.78 Å². The number of hydrogen-bond donors (Lipinski definition) is 0. The van der Waals surface area contributed by atoms with Gasteiger partial charge in [0.1, 0.15) is 0 Å². The Bertz CT molecular complexity index is 602. The topological polar surface area (TPSA) is 17.1 Å². The molecule has 0 fully saturated rings. The molecular formula is C17H17BrO. The van der Waals surface area contributed by atoms with Gasteiger partial charge >= 0.3 is 0 Å². The standard InChI is InChI=1S/C17H17BrO/c1-3-12-8-9-15(10-13(12)4-2)17(19)14-6-5-7-16(18)11-14/h5-11H,3-4H2,1-2H3. The molecule has 98 valence electrons. The van der Waals surface area contributed by atoms with E-state index in [1.807, 2.05) is 36.4 Å². The average Bonchev–Trinajstić information content (AvgIpc) is 2.45. The van der Waals surface area contributed by atoms with Gasteiger partial charge in [-0.15, -0.1) is 0 Å². The molecule has 0 atom stereocenters. The minimum atomic E-state index is 0.0821. The molecule has 0 N–H and O–H groups in total. The zero-order valence-electron chi connectivity index (χ0n) is 11.2. The highest BCUT2D eigenvalue weighted by molar-refractivity contribution is 9.10. The van der Waals surface area contributed by atoms with Crippen molar-refractivity contribution in [3.05, 3.63) is 69.2 Å². The molecule has 2 aromatic carbocycles. The van der Waals surface area contributed by atoms with Gasteiger partial charge in [0.05, 0.1) is 0 Å². The van der Waals surface area contributed by atoms with Gasteiger partial charge in [0.2, 0.25) is 0 Å². The van der Waals surface area contributed by atoms with Gasteiger partial charge in [-0.25, -0.2) is 0 Å². The second-order valence-corrected chi connectivity index (χ2v) is 5.45. The van der Waals surface area contributed by atoms with Gasteiger partial charge in [0, 0.05) is 15.6 Å². The lowest BCUT2D eigenvalue weighted by Crippen LogP contribution is -2.03. The van der Waals surface area contributed by atoms with Gasteiger partial charge in [-0.2, -0.15) is 0 Å². The summed E-state index contributed by atoms with van der Waals surface area (Å²) in [6.45, 7) is 4.27. The van der Waals surface area contributed by atoms with Crippen LogP contribution in [0.1, 0.15) is 40.9 Å². The highest BCUT2D eigenvalue weighted by Gasteiger charge is 2.11. The SMILES string of the molecule is CCc1ccc(C(=O)c2cccc(Br)c2)cc1CC. The predicted molar refractivity (Wildman–Crippen MR) is 82.8 cm³/mol. The van der Waals surface area contributed by atoms with Gasteiger partial charge in [-0.3, -0.25) is 4.79 Å². The highest BCUT2D eigenvalue weighted by atomic mass is 79.9. The van der Waals surface area contributed by atoms with E-state index in [-0.39, 0.29) is 5.78 Å². The fourth-order valence-corrected chi connectivity index (χ4v) is 2.64. The third-order valence-electron chi connectivity index (χ3n) is 3.32. The summed E-state index contributed by atoms with van der Waals surface area (Å²) in [6.07, 6.45) is 1.97. The molecule has 19 heavy (non-hydrogen) atoms. The minimum absolute atomic E-state index is 0.0821. The highest BCUT2D eigenvalue weighted by Crippen LogP contribution is 2.19. The maximum Gasteiger partial charge on any atom is 0.193 e. The molecule has 0 amide bonds. The Hall–Kier alpha value is -1.41. The van der Waals surface area contributed by atoms with Crippen LogP contribution in [0.3, 0.4) is 0 Å². The van der Waals surface area contributed by atoms with E-state index >= 15 is 0 Å². The molecule has 0 radical (unpaired) electrons. The maximum absolute atomic E-state index is 12.4. The lowest BCUT2D eigenvalue weighted by molar-refractivity contribution is 0.103. The molecule has 0 aliphatic carbocycles. The maximum atomic E-state index is 12.4.